The third-order valence-electron chi connectivity index (χ3n) is 3.42. The predicted octanol–water partition coefficient (Wildman–Crippen LogP) is 3.88. The molecule has 0 spiro atoms. The summed E-state index contributed by atoms with van der Waals surface area (Å²) in [6.45, 7) is 4.08. The summed E-state index contributed by atoms with van der Waals surface area (Å²) < 4.78 is 0. The van der Waals surface area contributed by atoms with E-state index in [4.69, 9.17) is 0 Å². The summed E-state index contributed by atoms with van der Waals surface area (Å²) in [6, 6.07) is 9.95. The SMILES string of the molecule is CC(C)c1ccc(NC(=O)c2cc([N+](=O)[O-])cc([N+](=O)[O-])c2)cc1. The van der Waals surface area contributed by atoms with Gasteiger partial charge in [0, 0.05) is 17.8 Å². The quantitative estimate of drug-likeness (QED) is 0.660. The lowest BCUT2D eigenvalue weighted by atomic mass is 10.0. The van der Waals surface area contributed by atoms with Crippen LogP contribution in [0.5, 0.6) is 0 Å². The van der Waals surface area contributed by atoms with Gasteiger partial charge < -0.3 is 5.32 Å². The van der Waals surface area contributed by atoms with Crippen molar-refractivity contribution < 1.29 is 14.6 Å². The number of amides is 1. The molecule has 24 heavy (non-hydrogen) atoms. The molecule has 0 unspecified atom stereocenters. The van der Waals surface area contributed by atoms with Crippen molar-refractivity contribution in [2.24, 2.45) is 0 Å². The maximum absolute atomic E-state index is 12.2. The van der Waals surface area contributed by atoms with Gasteiger partial charge in [-0.1, -0.05) is 26.0 Å². The fourth-order valence-electron chi connectivity index (χ4n) is 2.09. The topological polar surface area (TPSA) is 115 Å². The molecule has 2 aromatic rings. The Morgan fingerprint density at radius 3 is 1.88 bits per heavy atom. The molecular weight excluding hydrogens is 314 g/mol. The first-order valence-corrected chi connectivity index (χ1v) is 7.13. The molecule has 0 heterocycles. The number of benzene rings is 2. The van der Waals surface area contributed by atoms with Crippen molar-refractivity contribution in [3.05, 3.63) is 73.8 Å². The predicted molar refractivity (Wildman–Crippen MR) is 88.2 cm³/mol. The molecule has 8 heteroatoms. The molecule has 0 aromatic heterocycles. The van der Waals surface area contributed by atoms with E-state index in [1.54, 1.807) is 12.1 Å². The van der Waals surface area contributed by atoms with Gasteiger partial charge in [0.15, 0.2) is 0 Å². The van der Waals surface area contributed by atoms with Crippen molar-refractivity contribution in [1.82, 2.24) is 0 Å². The lowest BCUT2D eigenvalue weighted by molar-refractivity contribution is -0.394. The molecule has 8 nitrogen and oxygen atoms in total. The summed E-state index contributed by atoms with van der Waals surface area (Å²) in [5, 5.41) is 24.3. The highest BCUT2D eigenvalue weighted by Crippen LogP contribution is 2.24. The van der Waals surface area contributed by atoms with Crippen molar-refractivity contribution in [1.29, 1.82) is 0 Å². The van der Waals surface area contributed by atoms with Crippen LogP contribution in [0, 0.1) is 20.2 Å². The number of nitro groups is 2. The Balaban J connectivity index is 2.28. The number of rotatable bonds is 5. The number of carbonyl (C=O) groups is 1. The Hall–Kier alpha value is -3.29. The van der Waals surface area contributed by atoms with Crippen molar-refractivity contribution in [3.8, 4) is 0 Å². The second-order valence-electron chi connectivity index (χ2n) is 5.48. The number of nitrogens with one attached hydrogen (secondary N) is 1. The van der Waals surface area contributed by atoms with Crippen molar-refractivity contribution >= 4 is 23.0 Å². The van der Waals surface area contributed by atoms with E-state index in [0.29, 0.717) is 11.6 Å². The zero-order chi connectivity index (χ0) is 17.9. The zero-order valence-electron chi connectivity index (χ0n) is 13.1. The lowest BCUT2D eigenvalue weighted by Gasteiger charge is -2.08. The molecule has 0 radical (unpaired) electrons. The second-order valence-corrected chi connectivity index (χ2v) is 5.48. The molecule has 1 amide bonds. The van der Waals surface area contributed by atoms with Gasteiger partial charge in [-0.2, -0.15) is 0 Å². The van der Waals surface area contributed by atoms with Gasteiger partial charge >= 0.3 is 0 Å². The van der Waals surface area contributed by atoms with E-state index in [-0.39, 0.29) is 5.56 Å². The smallest absolute Gasteiger partial charge is 0.277 e. The maximum atomic E-state index is 12.2. The first-order valence-electron chi connectivity index (χ1n) is 7.13. The summed E-state index contributed by atoms with van der Waals surface area (Å²) >= 11 is 0. The summed E-state index contributed by atoms with van der Waals surface area (Å²) in [6.07, 6.45) is 0. The minimum Gasteiger partial charge on any atom is -0.322 e. The van der Waals surface area contributed by atoms with Crippen LogP contribution in [-0.2, 0) is 0 Å². The standard InChI is InChI=1S/C16H15N3O5/c1-10(2)11-3-5-13(6-4-11)17-16(20)12-7-14(18(21)22)9-15(8-12)19(23)24/h3-10H,1-2H3,(H,17,20). The molecule has 0 saturated carbocycles. The van der Waals surface area contributed by atoms with Crippen LogP contribution in [0.25, 0.3) is 0 Å². The van der Waals surface area contributed by atoms with E-state index < -0.39 is 27.1 Å². The summed E-state index contributed by atoms with van der Waals surface area (Å²) in [4.78, 5) is 32.4. The van der Waals surface area contributed by atoms with Crippen LogP contribution in [0.1, 0.15) is 35.7 Å². The van der Waals surface area contributed by atoms with E-state index >= 15 is 0 Å². The molecule has 2 rings (SSSR count). The average molecular weight is 329 g/mol. The number of carbonyl (C=O) groups excluding carboxylic acids is 1. The number of nitrogens with zero attached hydrogens (tertiary/aromatic N) is 2. The van der Waals surface area contributed by atoms with Crippen molar-refractivity contribution in [2.45, 2.75) is 19.8 Å². The Morgan fingerprint density at radius 2 is 1.46 bits per heavy atom. The number of non-ortho nitro benzene ring substituents is 2. The highest BCUT2D eigenvalue weighted by Gasteiger charge is 2.20. The minimum absolute atomic E-state index is 0.149. The van der Waals surface area contributed by atoms with Crippen molar-refractivity contribution in [2.75, 3.05) is 5.32 Å². The van der Waals surface area contributed by atoms with Gasteiger partial charge in [0.2, 0.25) is 0 Å². The molecule has 0 atom stereocenters. The number of hydrogen-bond acceptors (Lipinski definition) is 5. The molecule has 2 aromatic carbocycles. The van der Waals surface area contributed by atoms with Crippen LogP contribution in [0.2, 0.25) is 0 Å². The van der Waals surface area contributed by atoms with Gasteiger partial charge in [0.25, 0.3) is 17.3 Å². The summed E-state index contributed by atoms with van der Waals surface area (Å²) in [7, 11) is 0. The van der Waals surface area contributed by atoms with Gasteiger partial charge in [-0.3, -0.25) is 25.0 Å². The van der Waals surface area contributed by atoms with Gasteiger partial charge in [0.05, 0.1) is 21.5 Å². The number of hydrogen-bond donors (Lipinski definition) is 1. The van der Waals surface area contributed by atoms with E-state index in [0.717, 1.165) is 23.8 Å². The largest absolute Gasteiger partial charge is 0.322 e. The molecule has 124 valence electrons. The highest BCUT2D eigenvalue weighted by molar-refractivity contribution is 6.05. The Kier molecular flexibility index (Phi) is 4.88. The van der Waals surface area contributed by atoms with Gasteiger partial charge in [-0.05, 0) is 23.6 Å². The summed E-state index contributed by atoms with van der Waals surface area (Å²) in [5.41, 5.74) is 0.426. The number of anilines is 1. The van der Waals surface area contributed by atoms with Crippen LogP contribution in [0.15, 0.2) is 42.5 Å². The monoisotopic (exact) mass is 329 g/mol. The van der Waals surface area contributed by atoms with E-state index in [9.17, 15) is 25.0 Å². The van der Waals surface area contributed by atoms with Crippen LogP contribution in [0.3, 0.4) is 0 Å². The minimum atomic E-state index is -0.777. The lowest BCUT2D eigenvalue weighted by Crippen LogP contribution is -2.12. The fourth-order valence-corrected chi connectivity index (χ4v) is 2.09. The molecule has 0 aliphatic heterocycles. The first-order chi connectivity index (χ1) is 11.3. The Morgan fingerprint density at radius 1 is 0.958 bits per heavy atom. The van der Waals surface area contributed by atoms with Crippen molar-refractivity contribution in [3.63, 3.8) is 0 Å². The van der Waals surface area contributed by atoms with E-state index in [1.165, 1.54) is 0 Å². The van der Waals surface area contributed by atoms with Gasteiger partial charge in [0.1, 0.15) is 0 Å². The number of nitro benzene ring substituents is 2. The van der Waals surface area contributed by atoms with E-state index in [2.05, 4.69) is 5.32 Å². The Bertz CT molecular complexity index is 768. The zero-order valence-corrected chi connectivity index (χ0v) is 13.1. The van der Waals surface area contributed by atoms with Crippen LogP contribution in [-0.4, -0.2) is 15.8 Å². The third kappa shape index (κ3) is 3.92. The van der Waals surface area contributed by atoms with Crippen LogP contribution in [0.4, 0.5) is 17.1 Å². The second kappa shape index (κ2) is 6.86. The molecule has 1 N–H and O–H groups in total. The first kappa shape index (κ1) is 17.1. The fraction of sp³-hybridized carbons (Fsp3) is 0.188. The molecule has 0 aliphatic rings. The summed E-state index contributed by atoms with van der Waals surface area (Å²) in [5.74, 6) is -0.312. The molecule has 0 aliphatic carbocycles. The normalized spacial score (nSPS) is 10.5. The van der Waals surface area contributed by atoms with Gasteiger partial charge in [-0.15, -0.1) is 0 Å². The Labute approximate surface area is 137 Å². The molecule has 0 fully saturated rings. The van der Waals surface area contributed by atoms with Crippen LogP contribution >= 0.6 is 0 Å². The molecule has 0 saturated heterocycles. The maximum Gasteiger partial charge on any atom is 0.277 e. The van der Waals surface area contributed by atoms with E-state index in [1.807, 2.05) is 26.0 Å². The molecule has 0 bridgehead atoms. The van der Waals surface area contributed by atoms with Crippen LogP contribution < -0.4 is 5.32 Å². The van der Waals surface area contributed by atoms with Gasteiger partial charge in [-0.25, -0.2) is 0 Å². The third-order valence-corrected chi connectivity index (χ3v) is 3.42. The highest BCUT2D eigenvalue weighted by atomic mass is 16.6. The molecular formula is C16H15N3O5. The average Bonchev–Trinajstić information content (AvgIpc) is 2.54.